The van der Waals surface area contributed by atoms with Gasteiger partial charge in [-0.1, -0.05) is 6.42 Å². The van der Waals surface area contributed by atoms with Gasteiger partial charge in [0.2, 0.25) is 0 Å². The Bertz CT molecular complexity index is 618. The molecule has 4 rings (SSSR count). The molecule has 2 aromatic heterocycles. The molecule has 0 aromatic carbocycles. The second-order valence-corrected chi connectivity index (χ2v) is 6.14. The molecular formula is C16H20N4. The zero-order chi connectivity index (χ0) is 13.5. The first-order chi connectivity index (χ1) is 9.81. The molecule has 0 spiro atoms. The number of hydrogen-bond donors (Lipinski definition) is 1. The fraction of sp³-hybridized carbons (Fsp3) is 0.500. The molecule has 3 unspecified atom stereocenters. The van der Waals surface area contributed by atoms with E-state index in [2.05, 4.69) is 25.9 Å². The minimum absolute atomic E-state index is 0.625. The molecule has 0 radical (unpaired) electrons. The van der Waals surface area contributed by atoms with Gasteiger partial charge in [-0.25, -0.2) is 9.97 Å². The molecule has 2 bridgehead atoms. The Morgan fingerprint density at radius 2 is 2.15 bits per heavy atom. The maximum absolute atomic E-state index is 4.55. The molecule has 3 atom stereocenters. The van der Waals surface area contributed by atoms with Crippen LogP contribution in [0.15, 0.2) is 30.7 Å². The lowest BCUT2D eigenvalue weighted by molar-refractivity contribution is 0.439. The van der Waals surface area contributed by atoms with E-state index in [1.807, 2.05) is 31.6 Å². The van der Waals surface area contributed by atoms with E-state index in [0.29, 0.717) is 6.04 Å². The summed E-state index contributed by atoms with van der Waals surface area (Å²) in [4.78, 5) is 8.85. The summed E-state index contributed by atoms with van der Waals surface area (Å²) in [6.07, 6.45) is 11.2. The van der Waals surface area contributed by atoms with E-state index in [4.69, 9.17) is 0 Å². The van der Waals surface area contributed by atoms with Crippen molar-refractivity contribution in [1.29, 1.82) is 0 Å². The molecule has 4 heteroatoms. The number of aromatic nitrogens is 3. The molecule has 1 N–H and O–H groups in total. The van der Waals surface area contributed by atoms with Gasteiger partial charge in [0, 0.05) is 24.6 Å². The second-order valence-electron chi connectivity index (χ2n) is 6.14. The number of imidazole rings is 1. The van der Waals surface area contributed by atoms with Crippen molar-refractivity contribution in [1.82, 2.24) is 14.5 Å². The smallest absolute Gasteiger partial charge is 0.161 e. The quantitative estimate of drug-likeness (QED) is 0.929. The van der Waals surface area contributed by atoms with Crippen LogP contribution in [-0.4, -0.2) is 20.6 Å². The molecule has 20 heavy (non-hydrogen) atoms. The van der Waals surface area contributed by atoms with E-state index in [1.54, 1.807) is 0 Å². The number of anilines is 1. The normalized spacial score (nSPS) is 27.9. The van der Waals surface area contributed by atoms with E-state index < -0.39 is 0 Å². The predicted octanol–water partition coefficient (Wildman–Crippen LogP) is 3.18. The summed E-state index contributed by atoms with van der Waals surface area (Å²) in [6.45, 7) is 2.01. The Morgan fingerprint density at radius 1 is 1.20 bits per heavy atom. The van der Waals surface area contributed by atoms with Gasteiger partial charge in [-0.05, 0) is 50.2 Å². The fourth-order valence-corrected chi connectivity index (χ4v) is 3.92. The van der Waals surface area contributed by atoms with E-state index in [-0.39, 0.29) is 0 Å². The van der Waals surface area contributed by atoms with Gasteiger partial charge in [-0.2, -0.15) is 0 Å². The van der Waals surface area contributed by atoms with Gasteiger partial charge >= 0.3 is 0 Å². The Kier molecular flexibility index (Phi) is 2.76. The first-order valence-electron chi connectivity index (χ1n) is 7.53. The molecule has 0 amide bonds. The maximum Gasteiger partial charge on any atom is 0.161 e. The number of aryl methyl sites for hydroxylation is 1. The zero-order valence-electron chi connectivity index (χ0n) is 11.8. The summed E-state index contributed by atoms with van der Waals surface area (Å²) < 4.78 is 2.05. The first kappa shape index (κ1) is 11.9. The lowest BCUT2D eigenvalue weighted by atomic mass is 9.95. The highest BCUT2D eigenvalue weighted by molar-refractivity contribution is 5.58. The first-order valence-corrected chi connectivity index (χ1v) is 7.53. The van der Waals surface area contributed by atoms with Crippen LogP contribution in [-0.2, 0) is 0 Å². The second kappa shape index (κ2) is 4.62. The van der Waals surface area contributed by atoms with Crippen molar-refractivity contribution in [3.8, 4) is 5.82 Å². The van der Waals surface area contributed by atoms with Crippen molar-refractivity contribution in [2.45, 2.75) is 38.6 Å². The van der Waals surface area contributed by atoms with Crippen LogP contribution >= 0.6 is 0 Å². The molecule has 0 saturated heterocycles. The van der Waals surface area contributed by atoms with Crippen LogP contribution in [0, 0.1) is 18.8 Å². The Balaban J connectivity index is 1.64. The summed E-state index contributed by atoms with van der Waals surface area (Å²) in [6, 6.07) is 4.76. The third kappa shape index (κ3) is 1.90. The zero-order valence-corrected chi connectivity index (χ0v) is 11.8. The monoisotopic (exact) mass is 268 g/mol. The Labute approximate surface area is 119 Å². The minimum atomic E-state index is 0.625. The van der Waals surface area contributed by atoms with Gasteiger partial charge in [0.05, 0.1) is 5.69 Å². The number of nitrogens with one attached hydrogen (secondary N) is 1. The fourth-order valence-electron chi connectivity index (χ4n) is 3.92. The molecule has 104 valence electrons. The third-order valence-electron chi connectivity index (χ3n) is 4.92. The molecule has 0 aliphatic heterocycles. The van der Waals surface area contributed by atoms with Gasteiger partial charge in [0.25, 0.3) is 0 Å². The average Bonchev–Trinajstić information content (AvgIpc) is 3.16. The summed E-state index contributed by atoms with van der Waals surface area (Å²) in [5, 5.41) is 3.75. The van der Waals surface area contributed by atoms with Crippen LogP contribution in [0.4, 0.5) is 5.69 Å². The molecule has 4 nitrogen and oxygen atoms in total. The van der Waals surface area contributed by atoms with E-state index in [9.17, 15) is 0 Å². The number of pyridine rings is 1. The highest BCUT2D eigenvalue weighted by Gasteiger charge is 2.39. The predicted molar refractivity (Wildman–Crippen MR) is 79.0 cm³/mol. The van der Waals surface area contributed by atoms with Crippen molar-refractivity contribution < 1.29 is 0 Å². The summed E-state index contributed by atoms with van der Waals surface area (Å²) >= 11 is 0. The van der Waals surface area contributed by atoms with Gasteiger partial charge < -0.3 is 5.32 Å². The number of hydrogen-bond acceptors (Lipinski definition) is 3. The molecule has 2 fully saturated rings. The number of fused-ring (bicyclic) bond motifs is 2. The van der Waals surface area contributed by atoms with E-state index >= 15 is 0 Å². The van der Waals surface area contributed by atoms with Crippen LogP contribution in [0.2, 0.25) is 0 Å². The molecular weight excluding hydrogens is 248 g/mol. The topological polar surface area (TPSA) is 42.7 Å². The van der Waals surface area contributed by atoms with Gasteiger partial charge in [0.15, 0.2) is 5.82 Å². The van der Waals surface area contributed by atoms with Crippen LogP contribution in [0.5, 0.6) is 0 Å². The molecule has 2 aromatic rings. The summed E-state index contributed by atoms with van der Waals surface area (Å²) in [5.41, 5.74) is 1.13. The Morgan fingerprint density at radius 3 is 2.85 bits per heavy atom. The van der Waals surface area contributed by atoms with Crippen LogP contribution in [0.3, 0.4) is 0 Å². The largest absolute Gasteiger partial charge is 0.379 e. The van der Waals surface area contributed by atoms with Crippen molar-refractivity contribution in [2.24, 2.45) is 11.8 Å². The summed E-state index contributed by atoms with van der Waals surface area (Å²) in [5.74, 6) is 3.74. The third-order valence-corrected chi connectivity index (χ3v) is 4.92. The van der Waals surface area contributed by atoms with Crippen LogP contribution < -0.4 is 5.32 Å². The maximum atomic E-state index is 4.55. The molecule has 2 aliphatic rings. The highest BCUT2D eigenvalue weighted by Crippen LogP contribution is 2.45. The highest BCUT2D eigenvalue weighted by atomic mass is 15.1. The van der Waals surface area contributed by atoms with Gasteiger partial charge in [-0.15, -0.1) is 0 Å². The molecule has 2 saturated carbocycles. The van der Waals surface area contributed by atoms with Crippen LogP contribution in [0.25, 0.3) is 5.82 Å². The standard InChI is InChI=1S/C16H20N4/c1-11-17-7-8-20(11)16-14(3-2-6-18-16)19-15-10-12-4-5-13(15)9-12/h2-3,6-8,12-13,15,19H,4-5,9-10H2,1H3. The van der Waals surface area contributed by atoms with Gasteiger partial charge in [-0.3, -0.25) is 4.57 Å². The van der Waals surface area contributed by atoms with E-state index in [1.165, 1.54) is 25.7 Å². The molecule has 2 heterocycles. The van der Waals surface area contributed by atoms with Crippen molar-refractivity contribution in [3.63, 3.8) is 0 Å². The SMILES string of the molecule is Cc1nccn1-c1ncccc1NC1CC2CCC1C2. The minimum Gasteiger partial charge on any atom is -0.379 e. The van der Waals surface area contributed by atoms with Crippen molar-refractivity contribution in [3.05, 3.63) is 36.5 Å². The van der Waals surface area contributed by atoms with Gasteiger partial charge in [0.1, 0.15) is 5.82 Å². The number of nitrogens with zero attached hydrogens (tertiary/aromatic N) is 3. The Hall–Kier alpha value is -1.84. The number of rotatable bonds is 3. The summed E-state index contributed by atoms with van der Waals surface area (Å²) in [7, 11) is 0. The van der Waals surface area contributed by atoms with Crippen molar-refractivity contribution in [2.75, 3.05) is 5.32 Å². The van der Waals surface area contributed by atoms with E-state index in [0.717, 1.165) is 29.2 Å². The lowest BCUT2D eigenvalue weighted by Crippen LogP contribution is -2.26. The lowest BCUT2D eigenvalue weighted by Gasteiger charge is -2.25. The van der Waals surface area contributed by atoms with Crippen molar-refractivity contribution >= 4 is 5.69 Å². The average molecular weight is 268 g/mol. The van der Waals surface area contributed by atoms with Crippen LogP contribution in [0.1, 0.15) is 31.5 Å². The molecule has 2 aliphatic carbocycles.